The summed E-state index contributed by atoms with van der Waals surface area (Å²) in [5, 5.41) is 9.45. The first-order valence-electron chi connectivity index (χ1n) is 7.72. The van der Waals surface area contributed by atoms with Gasteiger partial charge in [0.1, 0.15) is 12.4 Å². The minimum absolute atomic E-state index is 0.0962. The minimum atomic E-state index is -1.18. The maximum Gasteiger partial charge on any atom is 0.339 e. The van der Waals surface area contributed by atoms with E-state index in [0.717, 1.165) is 12.0 Å². The van der Waals surface area contributed by atoms with Crippen molar-refractivity contribution in [1.82, 2.24) is 0 Å². The lowest BCUT2D eigenvalue weighted by molar-refractivity contribution is 0.0581. The number of carboxylic acids is 1. The molecule has 0 aliphatic carbocycles. The molecule has 0 aromatic heterocycles. The highest BCUT2D eigenvalue weighted by molar-refractivity contribution is 6.04. The molecule has 0 radical (unpaired) electrons. The number of carbonyl (C=O) groups excluding carboxylic acids is 1. The first kappa shape index (κ1) is 17.5. The van der Waals surface area contributed by atoms with Crippen molar-refractivity contribution in [3.63, 3.8) is 0 Å². The zero-order valence-electron chi connectivity index (χ0n) is 13.7. The average Bonchev–Trinajstić information content (AvgIpc) is 2.60. The molecule has 0 unspecified atom stereocenters. The number of hydrogen-bond acceptors (Lipinski definition) is 4. The van der Waals surface area contributed by atoms with Gasteiger partial charge < -0.3 is 14.6 Å². The van der Waals surface area contributed by atoms with Gasteiger partial charge in [-0.1, -0.05) is 43.7 Å². The number of carbonyl (C=O) groups is 2. The molecule has 5 heteroatoms. The maximum absolute atomic E-state index is 12.0. The molecule has 0 saturated carbocycles. The van der Waals surface area contributed by atoms with Crippen LogP contribution in [0.4, 0.5) is 0 Å². The van der Waals surface area contributed by atoms with E-state index in [-0.39, 0.29) is 11.1 Å². The summed E-state index contributed by atoms with van der Waals surface area (Å²) in [5.74, 6) is -1.41. The van der Waals surface area contributed by atoms with Crippen LogP contribution in [0.25, 0.3) is 0 Å². The molecule has 0 spiro atoms. The van der Waals surface area contributed by atoms with Gasteiger partial charge in [0.05, 0.1) is 18.2 Å². The Bertz CT molecular complexity index is 722. The van der Waals surface area contributed by atoms with Gasteiger partial charge in [-0.2, -0.15) is 0 Å². The highest BCUT2D eigenvalue weighted by Crippen LogP contribution is 2.26. The van der Waals surface area contributed by atoms with Crippen LogP contribution in [-0.2, 0) is 17.8 Å². The number of aromatic carboxylic acids is 1. The fraction of sp³-hybridized carbons (Fsp3) is 0.263. The molecule has 0 saturated heterocycles. The maximum atomic E-state index is 12.0. The van der Waals surface area contributed by atoms with Crippen LogP contribution in [0.2, 0.25) is 0 Å². The van der Waals surface area contributed by atoms with Crippen LogP contribution in [0.1, 0.15) is 45.2 Å². The van der Waals surface area contributed by atoms with E-state index in [4.69, 9.17) is 9.47 Å². The van der Waals surface area contributed by atoms with E-state index in [9.17, 15) is 14.7 Å². The molecule has 0 bridgehead atoms. The van der Waals surface area contributed by atoms with Gasteiger partial charge in [-0.15, -0.1) is 0 Å². The Morgan fingerprint density at radius 3 is 2.42 bits per heavy atom. The Hall–Kier alpha value is -2.82. The summed E-state index contributed by atoms with van der Waals surface area (Å²) < 4.78 is 10.5. The van der Waals surface area contributed by atoms with Gasteiger partial charge in [-0.05, 0) is 29.7 Å². The van der Waals surface area contributed by atoms with Gasteiger partial charge in [0.25, 0.3) is 0 Å². The summed E-state index contributed by atoms with van der Waals surface area (Å²) in [7, 11) is 1.24. The number of methoxy groups -OCH3 is 1. The zero-order chi connectivity index (χ0) is 17.5. The summed E-state index contributed by atoms with van der Waals surface area (Å²) >= 11 is 0. The summed E-state index contributed by atoms with van der Waals surface area (Å²) in [6, 6.07) is 12.7. The van der Waals surface area contributed by atoms with Gasteiger partial charge in [0.2, 0.25) is 0 Å². The largest absolute Gasteiger partial charge is 0.489 e. The summed E-state index contributed by atoms with van der Waals surface area (Å²) in [4.78, 5) is 23.6. The molecular formula is C19H20O5. The fourth-order valence-corrected chi connectivity index (χ4v) is 2.48. The molecule has 0 fully saturated rings. The third-order valence-electron chi connectivity index (χ3n) is 3.58. The molecule has 1 N–H and O–H groups in total. The number of carboxylic acid groups (broad SMARTS) is 1. The molecule has 0 atom stereocenters. The Balaban J connectivity index is 2.38. The third-order valence-corrected chi connectivity index (χ3v) is 3.58. The average molecular weight is 328 g/mol. The van der Waals surface area contributed by atoms with Crippen molar-refractivity contribution in [3.8, 4) is 5.75 Å². The molecular weight excluding hydrogens is 308 g/mol. The second kappa shape index (κ2) is 8.15. The highest BCUT2D eigenvalue weighted by atomic mass is 16.5. The Morgan fingerprint density at radius 2 is 1.83 bits per heavy atom. The minimum Gasteiger partial charge on any atom is -0.489 e. The lowest BCUT2D eigenvalue weighted by Gasteiger charge is -2.14. The van der Waals surface area contributed by atoms with Crippen LogP contribution in [0.3, 0.4) is 0 Å². The zero-order valence-corrected chi connectivity index (χ0v) is 13.7. The van der Waals surface area contributed by atoms with Gasteiger partial charge in [0.15, 0.2) is 0 Å². The van der Waals surface area contributed by atoms with Crippen molar-refractivity contribution in [2.45, 2.75) is 26.4 Å². The van der Waals surface area contributed by atoms with E-state index in [1.807, 2.05) is 37.3 Å². The number of aryl methyl sites for hydroxylation is 1. The monoisotopic (exact) mass is 328 g/mol. The van der Waals surface area contributed by atoms with Crippen LogP contribution in [-0.4, -0.2) is 24.2 Å². The van der Waals surface area contributed by atoms with Gasteiger partial charge >= 0.3 is 11.9 Å². The molecule has 2 aromatic rings. The molecule has 0 amide bonds. The predicted octanol–water partition coefficient (Wildman–Crippen LogP) is 3.70. The Morgan fingerprint density at radius 1 is 1.12 bits per heavy atom. The van der Waals surface area contributed by atoms with Crippen LogP contribution < -0.4 is 4.74 Å². The quantitative estimate of drug-likeness (QED) is 0.785. The topological polar surface area (TPSA) is 72.8 Å². The number of ether oxygens (including phenoxy) is 2. The van der Waals surface area contributed by atoms with Crippen LogP contribution >= 0.6 is 0 Å². The van der Waals surface area contributed by atoms with Crippen molar-refractivity contribution in [1.29, 1.82) is 0 Å². The molecule has 126 valence electrons. The fourth-order valence-electron chi connectivity index (χ4n) is 2.48. The number of esters is 1. The van der Waals surface area contributed by atoms with Crippen LogP contribution in [0.15, 0.2) is 42.5 Å². The van der Waals surface area contributed by atoms with Crippen LogP contribution in [0, 0.1) is 0 Å². The van der Waals surface area contributed by atoms with E-state index >= 15 is 0 Å². The van der Waals surface area contributed by atoms with E-state index in [0.29, 0.717) is 24.3 Å². The molecule has 2 aromatic carbocycles. The summed E-state index contributed by atoms with van der Waals surface area (Å²) in [6.45, 7) is 2.28. The van der Waals surface area contributed by atoms with Crippen molar-refractivity contribution < 1.29 is 24.2 Å². The first-order valence-corrected chi connectivity index (χ1v) is 7.72. The summed E-state index contributed by atoms with van der Waals surface area (Å²) in [6.07, 6.45) is 1.33. The molecule has 5 nitrogen and oxygen atoms in total. The van der Waals surface area contributed by atoms with Crippen molar-refractivity contribution >= 4 is 11.9 Å². The van der Waals surface area contributed by atoms with Crippen molar-refractivity contribution in [2.75, 3.05) is 7.11 Å². The second-order valence-corrected chi connectivity index (χ2v) is 5.33. The van der Waals surface area contributed by atoms with Crippen LogP contribution in [0.5, 0.6) is 5.75 Å². The second-order valence-electron chi connectivity index (χ2n) is 5.33. The first-order chi connectivity index (χ1) is 11.6. The lowest BCUT2D eigenvalue weighted by Crippen LogP contribution is -2.14. The van der Waals surface area contributed by atoms with E-state index < -0.39 is 11.9 Å². The Labute approximate surface area is 140 Å². The standard InChI is InChI=1S/C19H20O5/c1-3-7-14-10-15(24-12-13-8-5-4-6-9-13)11-16(18(20)21)17(14)19(22)23-2/h4-6,8-11H,3,7,12H2,1-2H3,(H,20,21). The molecule has 24 heavy (non-hydrogen) atoms. The van der Waals surface area contributed by atoms with Gasteiger partial charge in [0, 0.05) is 0 Å². The SMILES string of the molecule is CCCc1cc(OCc2ccccc2)cc(C(=O)O)c1C(=O)OC. The molecule has 2 rings (SSSR count). The van der Waals surface area contributed by atoms with Gasteiger partial charge in [-0.3, -0.25) is 0 Å². The van der Waals surface area contributed by atoms with E-state index in [1.165, 1.54) is 13.2 Å². The third kappa shape index (κ3) is 4.13. The van der Waals surface area contributed by atoms with E-state index in [1.54, 1.807) is 6.07 Å². The molecule has 0 aliphatic rings. The van der Waals surface area contributed by atoms with Gasteiger partial charge in [-0.25, -0.2) is 9.59 Å². The molecule has 0 aliphatic heterocycles. The van der Waals surface area contributed by atoms with Crippen molar-refractivity contribution in [2.24, 2.45) is 0 Å². The normalized spacial score (nSPS) is 10.2. The highest BCUT2D eigenvalue weighted by Gasteiger charge is 2.22. The lowest BCUT2D eigenvalue weighted by atomic mass is 9.97. The number of benzene rings is 2. The Kier molecular flexibility index (Phi) is 5.95. The summed E-state index contributed by atoms with van der Waals surface area (Å²) in [5.41, 5.74) is 1.59. The smallest absolute Gasteiger partial charge is 0.339 e. The van der Waals surface area contributed by atoms with E-state index in [2.05, 4.69) is 0 Å². The number of rotatable bonds is 7. The molecule has 0 heterocycles. The van der Waals surface area contributed by atoms with Crippen molar-refractivity contribution in [3.05, 3.63) is 64.7 Å². The predicted molar refractivity (Wildman–Crippen MR) is 89.5 cm³/mol. The number of hydrogen-bond donors (Lipinski definition) is 1.